The number of rotatable bonds is 3. The average molecular weight is 280 g/mol. The lowest BCUT2D eigenvalue weighted by atomic mass is 10.1. The van der Waals surface area contributed by atoms with Crippen LogP contribution >= 0.6 is 0 Å². The van der Waals surface area contributed by atoms with E-state index in [2.05, 4.69) is 44.1 Å². The van der Waals surface area contributed by atoms with E-state index in [1.165, 1.54) is 0 Å². The number of nitrogens with zero attached hydrogens (tertiary/aromatic N) is 2. The summed E-state index contributed by atoms with van der Waals surface area (Å²) >= 11 is 0. The molecule has 1 aliphatic rings. The minimum atomic E-state index is -1.73. The number of fused-ring (bicyclic) bond motifs is 1. The average Bonchev–Trinajstić information content (AvgIpc) is 2.63. The molecule has 1 heterocycles. The lowest BCUT2D eigenvalue weighted by molar-refractivity contribution is 0.159. The van der Waals surface area contributed by atoms with E-state index in [0.717, 1.165) is 17.5 Å². The smallest absolute Gasteiger partial charge is 0.192 e. The predicted molar refractivity (Wildman–Crippen MR) is 77.5 cm³/mol. The molecule has 0 fully saturated rings. The largest absolute Gasteiger partial charge is 0.416 e. The summed E-state index contributed by atoms with van der Waals surface area (Å²) in [6.07, 6.45) is 3.74. The van der Waals surface area contributed by atoms with Gasteiger partial charge in [0.2, 0.25) is 0 Å². The van der Waals surface area contributed by atoms with Crippen LogP contribution in [0.15, 0.2) is 12.4 Å². The summed E-state index contributed by atoms with van der Waals surface area (Å²) in [6, 6.07) is 0. The third-order valence-electron chi connectivity index (χ3n) is 4.55. The number of aromatic nitrogens is 2. The van der Waals surface area contributed by atoms with Crippen LogP contribution < -0.4 is 0 Å². The van der Waals surface area contributed by atoms with Crippen LogP contribution in [0.25, 0.3) is 0 Å². The Labute approximate surface area is 116 Å². The third kappa shape index (κ3) is 2.88. The molecule has 0 aliphatic heterocycles. The van der Waals surface area contributed by atoms with Gasteiger partial charge in [-0.1, -0.05) is 20.8 Å². The zero-order valence-corrected chi connectivity index (χ0v) is 13.5. The van der Waals surface area contributed by atoms with Crippen molar-refractivity contribution in [2.75, 3.05) is 6.61 Å². The molecule has 0 spiro atoms. The van der Waals surface area contributed by atoms with Gasteiger partial charge in [0.1, 0.15) is 0 Å². The van der Waals surface area contributed by atoms with Gasteiger partial charge >= 0.3 is 0 Å². The van der Waals surface area contributed by atoms with Crippen LogP contribution in [0.1, 0.15) is 50.3 Å². The second-order valence-electron chi connectivity index (χ2n) is 6.92. The van der Waals surface area contributed by atoms with Crippen LogP contribution in [0.5, 0.6) is 0 Å². The van der Waals surface area contributed by atoms with Gasteiger partial charge in [-0.3, -0.25) is 0 Å². The highest BCUT2D eigenvalue weighted by atomic mass is 28.4. The summed E-state index contributed by atoms with van der Waals surface area (Å²) in [4.78, 5) is 0. The second kappa shape index (κ2) is 4.96. The van der Waals surface area contributed by atoms with Crippen molar-refractivity contribution in [3.63, 3.8) is 0 Å². The minimum Gasteiger partial charge on any atom is -0.416 e. The van der Waals surface area contributed by atoms with Crippen LogP contribution in [0, 0.1) is 0 Å². The quantitative estimate of drug-likeness (QED) is 0.865. The van der Waals surface area contributed by atoms with Crippen LogP contribution in [-0.2, 0) is 4.43 Å². The van der Waals surface area contributed by atoms with Crippen LogP contribution in [0.3, 0.4) is 0 Å². The molecule has 0 amide bonds. The molecule has 2 atom stereocenters. The van der Waals surface area contributed by atoms with Crippen molar-refractivity contribution in [2.24, 2.45) is 0 Å². The molecular formula is C14H24N2O2Si. The molecule has 1 aromatic heterocycles. The fourth-order valence-electron chi connectivity index (χ4n) is 2.17. The Kier molecular flexibility index (Phi) is 3.82. The van der Waals surface area contributed by atoms with Gasteiger partial charge < -0.3 is 9.53 Å². The van der Waals surface area contributed by atoms with E-state index in [0.29, 0.717) is 6.61 Å². The summed E-state index contributed by atoms with van der Waals surface area (Å²) in [5.74, 6) is 0.245. The second-order valence-corrected chi connectivity index (χ2v) is 11.7. The molecule has 1 N–H and O–H groups in total. The van der Waals surface area contributed by atoms with Gasteiger partial charge in [-0.05, 0) is 30.1 Å². The first-order chi connectivity index (χ1) is 8.72. The van der Waals surface area contributed by atoms with Gasteiger partial charge in [0.05, 0.1) is 18.5 Å². The Balaban J connectivity index is 2.07. The number of aliphatic hydroxyl groups excluding tert-OH is 1. The van der Waals surface area contributed by atoms with Crippen molar-refractivity contribution in [1.82, 2.24) is 10.2 Å². The SMILES string of the molecule is CC(C)(C)[Si](C)(C)OC[C@H]1C[C@@H](O)c2cnncc21. The summed E-state index contributed by atoms with van der Waals surface area (Å²) in [6.45, 7) is 11.9. The van der Waals surface area contributed by atoms with Gasteiger partial charge in [0.25, 0.3) is 0 Å². The van der Waals surface area contributed by atoms with Gasteiger partial charge in [0.15, 0.2) is 8.32 Å². The maximum atomic E-state index is 10.0. The van der Waals surface area contributed by atoms with E-state index < -0.39 is 14.4 Å². The molecule has 106 valence electrons. The van der Waals surface area contributed by atoms with Gasteiger partial charge in [0, 0.05) is 18.1 Å². The molecule has 0 saturated heterocycles. The molecular weight excluding hydrogens is 256 g/mol. The summed E-state index contributed by atoms with van der Waals surface area (Å²) < 4.78 is 6.26. The predicted octanol–water partition coefficient (Wildman–Crippen LogP) is 3.02. The lowest BCUT2D eigenvalue weighted by Crippen LogP contribution is -2.41. The van der Waals surface area contributed by atoms with E-state index >= 15 is 0 Å². The zero-order valence-electron chi connectivity index (χ0n) is 12.5. The highest BCUT2D eigenvalue weighted by Gasteiger charge is 2.39. The molecule has 0 aromatic carbocycles. The minimum absolute atomic E-state index is 0.212. The molecule has 2 rings (SSSR count). The zero-order chi connectivity index (χ0) is 14.3. The standard InChI is InChI=1S/C14H24N2O2Si/c1-14(2,3)19(4,5)18-9-10-6-13(17)12-8-16-15-7-11(10)12/h7-8,10,13,17H,6,9H2,1-5H3/t10-,13-/m1/s1. The molecule has 1 aromatic rings. The van der Waals surface area contributed by atoms with E-state index in [-0.39, 0.29) is 11.0 Å². The Morgan fingerprint density at radius 1 is 1.26 bits per heavy atom. The number of hydrogen-bond acceptors (Lipinski definition) is 4. The van der Waals surface area contributed by atoms with Crippen molar-refractivity contribution >= 4 is 8.32 Å². The summed E-state index contributed by atoms with van der Waals surface area (Å²) in [7, 11) is -1.73. The molecule has 19 heavy (non-hydrogen) atoms. The normalized spacial score (nSPS) is 23.5. The molecule has 4 nitrogen and oxygen atoms in total. The fourth-order valence-corrected chi connectivity index (χ4v) is 3.22. The number of aliphatic hydroxyl groups is 1. The Morgan fingerprint density at radius 2 is 1.84 bits per heavy atom. The molecule has 5 heteroatoms. The molecule has 0 bridgehead atoms. The Morgan fingerprint density at radius 3 is 2.42 bits per heavy atom. The van der Waals surface area contributed by atoms with Gasteiger partial charge in [-0.25, -0.2) is 0 Å². The Hall–Kier alpha value is -0.783. The summed E-state index contributed by atoms with van der Waals surface area (Å²) in [5.41, 5.74) is 2.01. The number of hydrogen-bond donors (Lipinski definition) is 1. The highest BCUT2D eigenvalue weighted by molar-refractivity contribution is 6.74. The monoisotopic (exact) mass is 280 g/mol. The molecule has 1 aliphatic carbocycles. The highest BCUT2D eigenvalue weighted by Crippen LogP contribution is 2.42. The molecule has 0 radical (unpaired) electrons. The van der Waals surface area contributed by atoms with Gasteiger partial charge in [-0.2, -0.15) is 10.2 Å². The molecule has 0 saturated carbocycles. The Bertz CT molecular complexity index is 457. The van der Waals surface area contributed by atoms with Crippen molar-refractivity contribution in [1.29, 1.82) is 0 Å². The first-order valence-electron chi connectivity index (χ1n) is 6.85. The van der Waals surface area contributed by atoms with E-state index in [4.69, 9.17) is 4.43 Å². The van der Waals surface area contributed by atoms with Crippen molar-refractivity contribution in [2.45, 2.75) is 57.3 Å². The fraction of sp³-hybridized carbons (Fsp3) is 0.714. The first kappa shape index (κ1) is 14.6. The van der Waals surface area contributed by atoms with Crippen molar-refractivity contribution < 1.29 is 9.53 Å². The van der Waals surface area contributed by atoms with Gasteiger partial charge in [-0.15, -0.1) is 0 Å². The maximum absolute atomic E-state index is 10.0. The topological polar surface area (TPSA) is 55.2 Å². The maximum Gasteiger partial charge on any atom is 0.192 e. The van der Waals surface area contributed by atoms with Crippen molar-refractivity contribution in [3.8, 4) is 0 Å². The first-order valence-corrected chi connectivity index (χ1v) is 9.76. The molecule has 0 unspecified atom stereocenters. The van der Waals surface area contributed by atoms with E-state index in [1.54, 1.807) is 12.4 Å². The van der Waals surface area contributed by atoms with Crippen LogP contribution in [0.2, 0.25) is 18.1 Å². The van der Waals surface area contributed by atoms with E-state index in [9.17, 15) is 5.11 Å². The van der Waals surface area contributed by atoms with E-state index in [1.807, 2.05) is 0 Å². The third-order valence-corrected chi connectivity index (χ3v) is 9.05. The lowest BCUT2D eigenvalue weighted by Gasteiger charge is -2.37. The van der Waals surface area contributed by atoms with Crippen molar-refractivity contribution in [3.05, 3.63) is 23.5 Å². The summed E-state index contributed by atoms with van der Waals surface area (Å²) in [5, 5.41) is 18.0. The van der Waals surface area contributed by atoms with Crippen LogP contribution in [0.4, 0.5) is 0 Å². The van der Waals surface area contributed by atoms with Crippen LogP contribution in [-0.4, -0.2) is 30.2 Å².